The molecule has 2 amide bonds. The van der Waals surface area contributed by atoms with Crippen molar-refractivity contribution in [1.29, 1.82) is 0 Å². The molecule has 0 aromatic heterocycles. The van der Waals surface area contributed by atoms with Crippen molar-refractivity contribution in [2.75, 3.05) is 31.6 Å². The van der Waals surface area contributed by atoms with Gasteiger partial charge in [-0.05, 0) is 50.9 Å². The van der Waals surface area contributed by atoms with Gasteiger partial charge in [-0.15, -0.1) is 0 Å². The van der Waals surface area contributed by atoms with Crippen LogP contribution in [0.25, 0.3) is 0 Å². The first kappa shape index (κ1) is 16.0. The van der Waals surface area contributed by atoms with Crippen molar-refractivity contribution in [3.63, 3.8) is 0 Å². The van der Waals surface area contributed by atoms with Crippen LogP contribution in [0.15, 0.2) is 30.3 Å². The molecule has 3 rings (SSSR count). The Bertz CT molecular complexity index is 555. The molecule has 2 aliphatic heterocycles. The highest BCUT2D eigenvalue weighted by Crippen LogP contribution is 2.25. The van der Waals surface area contributed by atoms with Gasteiger partial charge in [0.1, 0.15) is 6.04 Å². The first-order valence-corrected chi connectivity index (χ1v) is 8.52. The molecule has 2 saturated heterocycles. The average Bonchev–Trinajstić information content (AvgIpc) is 2.62. The lowest BCUT2D eigenvalue weighted by molar-refractivity contribution is -0.142. The molecule has 5 heteroatoms. The summed E-state index contributed by atoms with van der Waals surface area (Å²) in [6.07, 6.45) is 3.42. The van der Waals surface area contributed by atoms with Crippen molar-refractivity contribution < 1.29 is 9.59 Å². The summed E-state index contributed by atoms with van der Waals surface area (Å²) in [7, 11) is 1.79. The third kappa shape index (κ3) is 3.39. The topological polar surface area (TPSA) is 52.7 Å². The molecule has 1 aromatic rings. The molecule has 2 aliphatic rings. The minimum Gasteiger partial charge on any atom is -0.333 e. The molecule has 0 saturated carbocycles. The molecule has 0 aliphatic carbocycles. The first-order chi connectivity index (χ1) is 11.2. The van der Waals surface area contributed by atoms with E-state index >= 15 is 0 Å². The number of benzene rings is 1. The predicted molar refractivity (Wildman–Crippen MR) is 90.2 cm³/mol. The normalized spacial score (nSPS) is 22.9. The Hall–Kier alpha value is -1.88. The second-order valence-electron chi connectivity index (χ2n) is 6.46. The molecule has 2 heterocycles. The van der Waals surface area contributed by atoms with E-state index in [0.717, 1.165) is 51.0 Å². The monoisotopic (exact) mass is 315 g/mol. The number of nitrogens with zero attached hydrogens (tertiary/aromatic N) is 2. The number of hydrogen-bond donors (Lipinski definition) is 1. The zero-order valence-corrected chi connectivity index (χ0v) is 13.7. The van der Waals surface area contributed by atoms with Crippen LogP contribution in [0.2, 0.25) is 0 Å². The van der Waals surface area contributed by atoms with Crippen molar-refractivity contribution >= 4 is 17.5 Å². The standard InChI is InChI=1S/C18H25N3O2/c1-20(17(22)14-9-11-19-12-10-14)16-8-5-13-21(18(16)23)15-6-3-2-4-7-15/h2-4,6-7,14,16,19H,5,8-13H2,1H3. The van der Waals surface area contributed by atoms with Gasteiger partial charge in [-0.2, -0.15) is 0 Å². The number of para-hydroxylation sites is 1. The van der Waals surface area contributed by atoms with E-state index in [4.69, 9.17) is 0 Å². The van der Waals surface area contributed by atoms with E-state index in [1.807, 2.05) is 35.2 Å². The molecule has 1 aromatic carbocycles. The largest absolute Gasteiger partial charge is 0.333 e. The maximum absolute atomic E-state index is 12.9. The summed E-state index contributed by atoms with van der Waals surface area (Å²) in [4.78, 5) is 29.1. The number of rotatable bonds is 3. The molecule has 124 valence electrons. The number of nitrogens with one attached hydrogen (secondary N) is 1. The van der Waals surface area contributed by atoms with Gasteiger partial charge in [0, 0.05) is 25.2 Å². The number of likely N-dealkylation sites (N-methyl/N-ethyl adjacent to an activating group) is 1. The lowest BCUT2D eigenvalue weighted by Gasteiger charge is -2.38. The molecular formula is C18H25N3O2. The van der Waals surface area contributed by atoms with Crippen LogP contribution in [0, 0.1) is 5.92 Å². The SMILES string of the molecule is CN(C(=O)C1CCNCC1)C1CCCN(c2ccccc2)C1=O. The maximum atomic E-state index is 12.9. The van der Waals surface area contributed by atoms with Crippen molar-refractivity contribution in [1.82, 2.24) is 10.2 Å². The van der Waals surface area contributed by atoms with Crippen LogP contribution in [0.4, 0.5) is 5.69 Å². The van der Waals surface area contributed by atoms with E-state index < -0.39 is 0 Å². The van der Waals surface area contributed by atoms with Crippen molar-refractivity contribution in [2.45, 2.75) is 31.7 Å². The molecule has 1 N–H and O–H groups in total. The van der Waals surface area contributed by atoms with Gasteiger partial charge in [0.05, 0.1) is 0 Å². The minimum atomic E-state index is -0.327. The van der Waals surface area contributed by atoms with E-state index in [9.17, 15) is 9.59 Å². The third-order valence-electron chi connectivity index (χ3n) is 4.98. The molecule has 0 spiro atoms. The van der Waals surface area contributed by atoms with Crippen LogP contribution in [0.1, 0.15) is 25.7 Å². The van der Waals surface area contributed by atoms with E-state index in [0.29, 0.717) is 0 Å². The number of anilines is 1. The Morgan fingerprint density at radius 3 is 2.57 bits per heavy atom. The van der Waals surface area contributed by atoms with E-state index in [1.165, 1.54) is 0 Å². The summed E-state index contributed by atoms with van der Waals surface area (Å²) in [6, 6.07) is 9.41. The fourth-order valence-electron chi connectivity index (χ4n) is 3.59. The van der Waals surface area contributed by atoms with Gasteiger partial charge in [-0.1, -0.05) is 18.2 Å². The van der Waals surface area contributed by atoms with Crippen LogP contribution in [0.3, 0.4) is 0 Å². The second-order valence-corrected chi connectivity index (χ2v) is 6.46. The average molecular weight is 315 g/mol. The van der Waals surface area contributed by atoms with Gasteiger partial charge in [0.25, 0.3) is 0 Å². The Morgan fingerprint density at radius 2 is 1.87 bits per heavy atom. The smallest absolute Gasteiger partial charge is 0.249 e. The summed E-state index contributed by atoms with van der Waals surface area (Å²) in [6.45, 7) is 2.51. The van der Waals surface area contributed by atoms with Gasteiger partial charge in [0.15, 0.2) is 0 Å². The minimum absolute atomic E-state index is 0.0484. The molecule has 2 fully saturated rings. The molecule has 1 unspecified atom stereocenters. The van der Waals surface area contributed by atoms with Crippen LogP contribution < -0.4 is 10.2 Å². The van der Waals surface area contributed by atoms with Gasteiger partial charge in [-0.3, -0.25) is 9.59 Å². The zero-order chi connectivity index (χ0) is 16.2. The summed E-state index contributed by atoms with van der Waals surface area (Å²) in [5.74, 6) is 0.230. The highest BCUT2D eigenvalue weighted by molar-refractivity contribution is 6.00. The van der Waals surface area contributed by atoms with Gasteiger partial charge < -0.3 is 15.1 Å². The lowest BCUT2D eigenvalue weighted by Crippen LogP contribution is -2.54. The van der Waals surface area contributed by atoms with Crippen LogP contribution in [-0.2, 0) is 9.59 Å². The number of amides is 2. The molecule has 0 radical (unpaired) electrons. The Balaban J connectivity index is 1.71. The van der Waals surface area contributed by atoms with E-state index in [-0.39, 0.29) is 23.8 Å². The van der Waals surface area contributed by atoms with Gasteiger partial charge >= 0.3 is 0 Å². The first-order valence-electron chi connectivity index (χ1n) is 8.52. The number of piperidine rings is 2. The fourth-order valence-corrected chi connectivity index (χ4v) is 3.59. The second kappa shape index (κ2) is 7.13. The highest BCUT2D eigenvalue weighted by Gasteiger charge is 2.36. The quantitative estimate of drug-likeness (QED) is 0.922. The molecule has 0 bridgehead atoms. The van der Waals surface area contributed by atoms with Crippen LogP contribution in [-0.4, -0.2) is 49.4 Å². The molecule has 1 atom stereocenters. The fraction of sp³-hybridized carbons (Fsp3) is 0.556. The Morgan fingerprint density at radius 1 is 1.17 bits per heavy atom. The van der Waals surface area contributed by atoms with Gasteiger partial charge in [-0.25, -0.2) is 0 Å². The highest BCUT2D eigenvalue weighted by atomic mass is 16.2. The summed E-state index contributed by atoms with van der Waals surface area (Å²) >= 11 is 0. The van der Waals surface area contributed by atoms with E-state index in [2.05, 4.69) is 5.32 Å². The molecule has 5 nitrogen and oxygen atoms in total. The number of hydrogen-bond acceptors (Lipinski definition) is 3. The number of carbonyl (C=O) groups excluding carboxylic acids is 2. The predicted octanol–water partition coefficient (Wildman–Crippen LogP) is 1.64. The van der Waals surface area contributed by atoms with Gasteiger partial charge in [0.2, 0.25) is 11.8 Å². The third-order valence-corrected chi connectivity index (χ3v) is 4.98. The lowest BCUT2D eigenvalue weighted by atomic mass is 9.94. The summed E-state index contributed by atoms with van der Waals surface area (Å²) in [5, 5.41) is 3.28. The van der Waals surface area contributed by atoms with Crippen molar-refractivity contribution in [2.24, 2.45) is 5.92 Å². The number of carbonyl (C=O) groups is 2. The van der Waals surface area contributed by atoms with E-state index in [1.54, 1.807) is 11.9 Å². The van der Waals surface area contributed by atoms with Crippen molar-refractivity contribution in [3.05, 3.63) is 30.3 Å². The Kier molecular flexibility index (Phi) is 4.96. The van der Waals surface area contributed by atoms with Crippen LogP contribution >= 0.6 is 0 Å². The maximum Gasteiger partial charge on any atom is 0.249 e. The Labute approximate surface area is 137 Å². The molecule has 23 heavy (non-hydrogen) atoms. The van der Waals surface area contributed by atoms with Crippen molar-refractivity contribution in [3.8, 4) is 0 Å². The molecular weight excluding hydrogens is 290 g/mol. The van der Waals surface area contributed by atoms with Crippen LogP contribution in [0.5, 0.6) is 0 Å². The summed E-state index contributed by atoms with van der Waals surface area (Å²) in [5.41, 5.74) is 0.921. The summed E-state index contributed by atoms with van der Waals surface area (Å²) < 4.78 is 0. The zero-order valence-electron chi connectivity index (χ0n) is 13.7.